The molecule has 0 unspecified atom stereocenters. The van der Waals surface area contributed by atoms with Gasteiger partial charge in [0.2, 0.25) is 0 Å². The van der Waals surface area contributed by atoms with Crippen LogP contribution in [0, 0.1) is 0 Å². The van der Waals surface area contributed by atoms with Gasteiger partial charge in [-0.05, 0) is 55.2 Å². The lowest BCUT2D eigenvalue weighted by Gasteiger charge is -2.22. The Morgan fingerprint density at radius 1 is 1.07 bits per heavy atom. The Morgan fingerprint density at radius 3 is 2.38 bits per heavy atom. The van der Waals surface area contributed by atoms with E-state index in [1.807, 2.05) is 24.3 Å². The molecule has 1 N–H and O–H groups in total. The summed E-state index contributed by atoms with van der Waals surface area (Å²) in [6.45, 7) is 1.41. The first-order valence-electron chi connectivity index (χ1n) is 9.05. The van der Waals surface area contributed by atoms with Crippen LogP contribution in [0.2, 0.25) is 0 Å². The number of carbonyl (C=O) groups excluding carboxylic acids is 2. The number of nitrogens with zero attached hydrogens (tertiary/aromatic N) is 1. The Balaban J connectivity index is 1.69. The third-order valence-electron chi connectivity index (χ3n) is 5.01. The smallest absolute Gasteiger partial charge is 0.416 e. The fraction of sp³-hybridized carbons (Fsp3) is 0.333. The largest absolute Gasteiger partial charge is 0.497 e. The summed E-state index contributed by atoms with van der Waals surface area (Å²) in [4.78, 5) is 26.1. The lowest BCUT2D eigenvalue weighted by Crippen LogP contribution is -2.44. The molecule has 1 aliphatic rings. The Labute approximate surface area is 166 Å². The highest BCUT2D eigenvalue weighted by molar-refractivity contribution is 6.06. The van der Waals surface area contributed by atoms with E-state index < -0.39 is 29.2 Å². The van der Waals surface area contributed by atoms with Gasteiger partial charge in [-0.3, -0.25) is 9.69 Å². The van der Waals surface area contributed by atoms with Gasteiger partial charge in [-0.1, -0.05) is 24.3 Å². The molecule has 154 valence electrons. The van der Waals surface area contributed by atoms with Crippen LogP contribution < -0.4 is 10.1 Å². The van der Waals surface area contributed by atoms with E-state index in [4.69, 9.17) is 4.74 Å². The second kappa shape index (κ2) is 7.77. The molecule has 0 saturated carbocycles. The Morgan fingerprint density at radius 2 is 1.76 bits per heavy atom. The molecule has 0 aromatic heterocycles. The van der Waals surface area contributed by atoms with Gasteiger partial charge < -0.3 is 10.1 Å². The molecule has 1 saturated heterocycles. The van der Waals surface area contributed by atoms with E-state index in [1.54, 1.807) is 14.0 Å². The molecule has 1 atom stereocenters. The number of benzene rings is 2. The van der Waals surface area contributed by atoms with Gasteiger partial charge in [0.15, 0.2) is 0 Å². The minimum atomic E-state index is -4.49. The maximum Gasteiger partial charge on any atom is 0.416 e. The summed E-state index contributed by atoms with van der Waals surface area (Å²) in [6.07, 6.45) is -3.58. The minimum absolute atomic E-state index is 0.216. The van der Waals surface area contributed by atoms with E-state index in [1.165, 1.54) is 12.1 Å². The zero-order valence-electron chi connectivity index (χ0n) is 16.0. The molecule has 29 heavy (non-hydrogen) atoms. The van der Waals surface area contributed by atoms with Crippen molar-refractivity contribution in [1.29, 1.82) is 0 Å². The fourth-order valence-electron chi connectivity index (χ4n) is 3.28. The molecule has 5 nitrogen and oxygen atoms in total. The number of urea groups is 1. The van der Waals surface area contributed by atoms with Gasteiger partial charge in [-0.2, -0.15) is 13.2 Å². The number of imide groups is 1. The maximum atomic E-state index is 12.9. The predicted octanol–water partition coefficient (Wildman–Crippen LogP) is 4.16. The molecular formula is C21H21F3N2O3. The Kier molecular flexibility index (Phi) is 5.55. The minimum Gasteiger partial charge on any atom is -0.497 e. The highest BCUT2D eigenvalue weighted by atomic mass is 19.4. The molecule has 0 bridgehead atoms. The molecule has 8 heteroatoms. The fourth-order valence-corrected chi connectivity index (χ4v) is 3.28. The number of nitrogens with one attached hydrogen (secondary N) is 1. The number of halogens is 3. The van der Waals surface area contributed by atoms with E-state index in [-0.39, 0.29) is 12.1 Å². The van der Waals surface area contributed by atoms with Gasteiger partial charge in [-0.15, -0.1) is 0 Å². The average Bonchev–Trinajstić information content (AvgIpc) is 2.90. The van der Waals surface area contributed by atoms with Crippen LogP contribution in [-0.2, 0) is 23.9 Å². The van der Waals surface area contributed by atoms with Crippen molar-refractivity contribution < 1.29 is 27.5 Å². The van der Waals surface area contributed by atoms with Crippen LogP contribution in [0.25, 0.3) is 0 Å². The van der Waals surface area contributed by atoms with Crippen LogP contribution in [0.1, 0.15) is 30.0 Å². The molecule has 2 aromatic rings. The molecule has 0 spiro atoms. The van der Waals surface area contributed by atoms with Gasteiger partial charge in [0.05, 0.1) is 19.2 Å². The van der Waals surface area contributed by atoms with E-state index in [0.29, 0.717) is 12.8 Å². The van der Waals surface area contributed by atoms with Gasteiger partial charge in [-0.25, -0.2) is 4.79 Å². The van der Waals surface area contributed by atoms with Crippen LogP contribution in [0.15, 0.2) is 48.5 Å². The summed E-state index contributed by atoms with van der Waals surface area (Å²) in [5.74, 6) is 0.269. The average molecular weight is 406 g/mol. The lowest BCUT2D eigenvalue weighted by molar-refractivity contribution is -0.137. The number of aryl methyl sites for hydroxylation is 1. The SMILES string of the molecule is COc1ccc(CC[C@@]2(C)NC(=O)N(Cc3cccc(C(F)(F)F)c3)C2=O)cc1. The second-order valence-electron chi connectivity index (χ2n) is 7.20. The maximum absolute atomic E-state index is 12.9. The van der Waals surface area contributed by atoms with Crippen molar-refractivity contribution in [2.75, 3.05) is 7.11 Å². The summed E-state index contributed by atoms with van der Waals surface area (Å²) in [6, 6.07) is 11.4. The number of rotatable bonds is 6. The number of alkyl halides is 3. The monoisotopic (exact) mass is 406 g/mol. The van der Waals surface area contributed by atoms with Crippen LogP contribution in [0.3, 0.4) is 0 Å². The summed E-state index contributed by atoms with van der Waals surface area (Å²) >= 11 is 0. The molecule has 0 aliphatic carbocycles. The first-order chi connectivity index (χ1) is 13.6. The topological polar surface area (TPSA) is 58.6 Å². The zero-order valence-corrected chi connectivity index (χ0v) is 16.0. The van der Waals surface area contributed by atoms with Crippen molar-refractivity contribution in [3.63, 3.8) is 0 Å². The normalized spacial score (nSPS) is 19.4. The van der Waals surface area contributed by atoms with Crippen molar-refractivity contribution in [3.05, 3.63) is 65.2 Å². The summed E-state index contributed by atoms with van der Waals surface area (Å²) < 4.78 is 43.8. The second-order valence-corrected chi connectivity index (χ2v) is 7.20. The van der Waals surface area contributed by atoms with Crippen molar-refractivity contribution >= 4 is 11.9 Å². The van der Waals surface area contributed by atoms with Crippen molar-refractivity contribution in [2.24, 2.45) is 0 Å². The van der Waals surface area contributed by atoms with Crippen LogP contribution in [0.5, 0.6) is 5.75 Å². The van der Waals surface area contributed by atoms with Gasteiger partial charge >= 0.3 is 12.2 Å². The predicted molar refractivity (Wildman–Crippen MR) is 100 cm³/mol. The number of hydrogen-bond acceptors (Lipinski definition) is 3. The number of carbonyl (C=O) groups is 2. The van der Waals surface area contributed by atoms with Crippen LogP contribution in [0.4, 0.5) is 18.0 Å². The third kappa shape index (κ3) is 4.52. The number of methoxy groups -OCH3 is 1. The van der Waals surface area contributed by atoms with E-state index in [9.17, 15) is 22.8 Å². The molecular weight excluding hydrogens is 385 g/mol. The molecule has 1 aliphatic heterocycles. The van der Waals surface area contributed by atoms with Gasteiger partial charge in [0, 0.05) is 0 Å². The molecule has 3 amide bonds. The molecule has 2 aromatic carbocycles. The number of hydrogen-bond donors (Lipinski definition) is 1. The quantitative estimate of drug-likeness (QED) is 0.733. The van der Waals surface area contributed by atoms with Crippen LogP contribution >= 0.6 is 0 Å². The standard InChI is InChI=1S/C21H21F3N2O3/c1-20(11-10-14-6-8-17(29-2)9-7-14)18(27)26(19(28)25-20)13-15-4-3-5-16(12-15)21(22,23)24/h3-9,12H,10-11,13H2,1-2H3,(H,25,28)/t20-/m1/s1. The zero-order chi connectivity index (χ0) is 21.2. The highest BCUT2D eigenvalue weighted by Gasteiger charge is 2.47. The Bertz CT molecular complexity index is 912. The first kappa shape index (κ1) is 20.7. The lowest BCUT2D eigenvalue weighted by atomic mass is 9.93. The van der Waals surface area contributed by atoms with Gasteiger partial charge in [0.1, 0.15) is 11.3 Å². The summed E-state index contributed by atoms with van der Waals surface area (Å²) in [5.41, 5.74) is -0.712. The van der Waals surface area contributed by atoms with Crippen molar-refractivity contribution in [2.45, 2.75) is 38.0 Å². The van der Waals surface area contributed by atoms with Crippen LogP contribution in [-0.4, -0.2) is 29.5 Å². The molecule has 1 fully saturated rings. The molecule has 3 rings (SSSR count). The Hall–Kier alpha value is -3.03. The van der Waals surface area contributed by atoms with E-state index in [0.717, 1.165) is 28.3 Å². The number of amides is 3. The third-order valence-corrected chi connectivity index (χ3v) is 5.01. The highest BCUT2D eigenvalue weighted by Crippen LogP contribution is 2.31. The summed E-state index contributed by atoms with van der Waals surface area (Å²) in [7, 11) is 1.57. The van der Waals surface area contributed by atoms with E-state index >= 15 is 0 Å². The molecule has 1 heterocycles. The number of ether oxygens (including phenoxy) is 1. The summed E-state index contributed by atoms with van der Waals surface area (Å²) in [5, 5.41) is 2.68. The van der Waals surface area contributed by atoms with Crippen molar-refractivity contribution in [1.82, 2.24) is 10.2 Å². The van der Waals surface area contributed by atoms with Gasteiger partial charge in [0.25, 0.3) is 5.91 Å². The van der Waals surface area contributed by atoms with E-state index in [2.05, 4.69) is 5.32 Å². The molecule has 0 radical (unpaired) electrons. The van der Waals surface area contributed by atoms with Crippen molar-refractivity contribution in [3.8, 4) is 5.75 Å². The first-order valence-corrected chi connectivity index (χ1v) is 9.05.